The SMILES string of the molecule is Cc1nc(OCc2ccccc2)ccc1-c1cccn(C)c1=O. The molecule has 2 heterocycles. The molecule has 0 spiro atoms. The predicted octanol–water partition coefficient (Wildman–Crippen LogP) is 3.33. The van der Waals surface area contributed by atoms with Crippen LogP contribution < -0.4 is 10.3 Å². The second-order valence-corrected chi connectivity index (χ2v) is 5.39. The number of ether oxygens (including phenoxy) is 1. The Kier molecular flexibility index (Phi) is 4.24. The topological polar surface area (TPSA) is 44.1 Å². The van der Waals surface area contributed by atoms with Gasteiger partial charge in [0.05, 0.1) is 0 Å². The van der Waals surface area contributed by atoms with Crippen LogP contribution in [0.3, 0.4) is 0 Å². The maximum absolute atomic E-state index is 12.2. The summed E-state index contributed by atoms with van der Waals surface area (Å²) in [6, 6.07) is 17.3. The van der Waals surface area contributed by atoms with E-state index in [0.29, 0.717) is 18.1 Å². The zero-order chi connectivity index (χ0) is 16.2. The highest BCUT2D eigenvalue weighted by Crippen LogP contribution is 2.22. The average Bonchev–Trinajstić information content (AvgIpc) is 2.57. The fraction of sp³-hybridized carbons (Fsp3) is 0.158. The summed E-state index contributed by atoms with van der Waals surface area (Å²) < 4.78 is 7.29. The fourth-order valence-electron chi connectivity index (χ4n) is 2.44. The largest absolute Gasteiger partial charge is 0.473 e. The Balaban J connectivity index is 1.84. The molecular formula is C19H18N2O2. The van der Waals surface area contributed by atoms with E-state index in [1.54, 1.807) is 23.9 Å². The van der Waals surface area contributed by atoms with Gasteiger partial charge >= 0.3 is 0 Å². The number of nitrogens with zero attached hydrogens (tertiary/aromatic N) is 2. The first kappa shape index (κ1) is 15.0. The first-order valence-corrected chi connectivity index (χ1v) is 7.45. The van der Waals surface area contributed by atoms with Crippen molar-refractivity contribution in [2.75, 3.05) is 0 Å². The fourth-order valence-corrected chi connectivity index (χ4v) is 2.44. The van der Waals surface area contributed by atoms with Crippen molar-refractivity contribution in [1.29, 1.82) is 0 Å². The lowest BCUT2D eigenvalue weighted by Gasteiger charge is -2.10. The van der Waals surface area contributed by atoms with Gasteiger partial charge in [-0.05, 0) is 30.7 Å². The van der Waals surface area contributed by atoms with Crippen LogP contribution in [0.4, 0.5) is 0 Å². The van der Waals surface area contributed by atoms with Gasteiger partial charge in [0, 0.05) is 36.1 Å². The van der Waals surface area contributed by atoms with Crippen molar-refractivity contribution in [3.63, 3.8) is 0 Å². The van der Waals surface area contributed by atoms with Crippen molar-refractivity contribution in [1.82, 2.24) is 9.55 Å². The summed E-state index contributed by atoms with van der Waals surface area (Å²) in [4.78, 5) is 16.7. The molecular weight excluding hydrogens is 288 g/mol. The molecule has 0 aliphatic rings. The molecule has 0 saturated carbocycles. The molecule has 3 rings (SSSR count). The molecule has 23 heavy (non-hydrogen) atoms. The molecule has 0 bridgehead atoms. The molecule has 0 aliphatic heterocycles. The molecule has 0 amide bonds. The number of benzene rings is 1. The van der Waals surface area contributed by atoms with Crippen LogP contribution in [-0.2, 0) is 13.7 Å². The molecule has 0 atom stereocenters. The lowest BCUT2D eigenvalue weighted by Crippen LogP contribution is -2.17. The van der Waals surface area contributed by atoms with Gasteiger partial charge in [0.15, 0.2) is 0 Å². The van der Waals surface area contributed by atoms with Crippen molar-refractivity contribution in [2.45, 2.75) is 13.5 Å². The molecule has 1 aromatic carbocycles. The molecule has 4 nitrogen and oxygen atoms in total. The standard InChI is InChI=1S/C19H18N2O2/c1-14-16(17-9-6-12-21(2)19(17)22)10-11-18(20-14)23-13-15-7-4-3-5-8-15/h3-12H,13H2,1-2H3. The number of rotatable bonds is 4. The van der Waals surface area contributed by atoms with Crippen LogP contribution >= 0.6 is 0 Å². The maximum atomic E-state index is 12.2. The van der Waals surface area contributed by atoms with Gasteiger partial charge in [-0.25, -0.2) is 4.98 Å². The van der Waals surface area contributed by atoms with E-state index in [-0.39, 0.29) is 5.56 Å². The first-order valence-electron chi connectivity index (χ1n) is 7.45. The van der Waals surface area contributed by atoms with E-state index < -0.39 is 0 Å². The average molecular weight is 306 g/mol. The van der Waals surface area contributed by atoms with Gasteiger partial charge < -0.3 is 9.30 Å². The summed E-state index contributed by atoms with van der Waals surface area (Å²) in [5.41, 5.74) is 3.31. The van der Waals surface area contributed by atoms with Gasteiger partial charge in [-0.3, -0.25) is 4.79 Å². The summed E-state index contributed by atoms with van der Waals surface area (Å²) in [6.07, 6.45) is 1.74. The van der Waals surface area contributed by atoms with Crippen LogP contribution in [0.5, 0.6) is 5.88 Å². The molecule has 116 valence electrons. The van der Waals surface area contributed by atoms with E-state index in [4.69, 9.17) is 4.74 Å². The normalized spacial score (nSPS) is 10.5. The molecule has 3 aromatic rings. The van der Waals surface area contributed by atoms with Crippen molar-refractivity contribution < 1.29 is 4.74 Å². The Hall–Kier alpha value is -2.88. The minimum atomic E-state index is -0.0321. The van der Waals surface area contributed by atoms with Crippen molar-refractivity contribution >= 4 is 0 Å². The van der Waals surface area contributed by atoms with Gasteiger partial charge in [0.25, 0.3) is 5.56 Å². The van der Waals surface area contributed by atoms with Gasteiger partial charge in [0.1, 0.15) is 6.61 Å². The highest BCUT2D eigenvalue weighted by atomic mass is 16.5. The number of aryl methyl sites for hydroxylation is 2. The van der Waals surface area contributed by atoms with Gasteiger partial charge in [-0.1, -0.05) is 30.3 Å². The second kappa shape index (κ2) is 6.48. The lowest BCUT2D eigenvalue weighted by molar-refractivity contribution is 0.293. The molecule has 0 fully saturated rings. The maximum Gasteiger partial charge on any atom is 0.258 e. The summed E-state index contributed by atoms with van der Waals surface area (Å²) in [5.74, 6) is 0.558. The zero-order valence-electron chi connectivity index (χ0n) is 13.2. The van der Waals surface area contributed by atoms with Crippen molar-refractivity contribution in [3.8, 4) is 17.0 Å². The Morgan fingerprint density at radius 2 is 1.78 bits per heavy atom. The van der Waals surface area contributed by atoms with E-state index >= 15 is 0 Å². The summed E-state index contributed by atoms with van der Waals surface area (Å²) in [6.45, 7) is 2.36. The van der Waals surface area contributed by atoms with E-state index in [1.807, 2.05) is 55.5 Å². The number of hydrogen-bond acceptors (Lipinski definition) is 3. The third-order valence-corrected chi connectivity index (χ3v) is 3.70. The van der Waals surface area contributed by atoms with Crippen LogP contribution in [-0.4, -0.2) is 9.55 Å². The quantitative estimate of drug-likeness (QED) is 0.742. The van der Waals surface area contributed by atoms with Crippen molar-refractivity contribution in [2.24, 2.45) is 7.05 Å². The lowest BCUT2D eigenvalue weighted by atomic mass is 10.1. The molecule has 0 unspecified atom stereocenters. The van der Waals surface area contributed by atoms with E-state index in [1.165, 1.54) is 0 Å². The minimum Gasteiger partial charge on any atom is -0.473 e. The van der Waals surface area contributed by atoms with Crippen LogP contribution in [0.2, 0.25) is 0 Å². The number of aromatic nitrogens is 2. The van der Waals surface area contributed by atoms with Gasteiger partial charge in [-0.2, -0.15) is 0 Å². The Morgan fingerprint density at radius 3 is 2.52 bits per heavy atom. The monoisotopic (exact) mass is 306 g/mol. The van der Waals surface area contributed by atoms with Crippen molar-refractivity contribution in [3.05, 3.63) is 82.4 Å². The first-order chi connectivity index (χ1) is 11.1. The molecule has 0 N–H and O–H groups in total. The molecule has 4 heteroatoms. The van der Waals surface area contributed by atoms with Gasteiger partial charge in [0.2, 0.25) is 5.88 Å². The minimum absolute atomic E-state index is 0.0321. The predicted molar refractivity (Wildman–Crippen MR) is 90.4 cm³/mol. The molecule has 0 saturated heterocycles. The molecule has 0 aliphatic carbocycles. The third-order valence-electron chi connectivity index (χ3n) is 3.70. The van der Waals surface area contributed by atoms with Crippen LogP contribution in [0.25, 0.3) is 11.1 Å². The summed E-state index contributed by atoms with van der Waals surface area (Å²) in [5, 5.41) is 0. The van der Waals surface area contributed by atoms with E-state index in [0.717, 1.165) is 16.8 Å². The third kappa shape index (κ3) is 3.31. The molecule has 2 aromatic heterocycles. The smallest absolute Gasteiger partial charge is 0.258 e. The summed E-state index contributed by atoms with van der Waals surface area (Å²) in [7, 11) is 1.74. The highest BCUT2D eigenvalue weighted by molar-refractivity contribution is 5.65. The van der Waals surface area contributed by atoms with E-state index in [2.05, 4.69) is 4.98 Å². The number of pyridine rings is 2. The Bertz CT molecular complexity index is 870. The van der Waals surface area contributed by atoms with Crippen LogP contribution in [0.15, 0.2) is 65.6 Å². The highest BCUT2D eigenvalue weighted by Gasteiger charge is 2.09. The number of hydrogen-bond donors (Lipinski definition) is 0. The Morgan fingerprint density at radius 1 is 1.00 bits per heavy atom. The Labute approximate surface area is 135 Å². The molecule has 0 radical (unpaired) electrons. The van der Waals surface area contributed by atoms with Crippen LogP contribution in [0, 0.1) is 6.92 Å². The van der Waals surface area contributed by atoms with Gasteiger partial charge in [-0.15, -0.1) is 0 Å². The van der Waals surface area contributed by atoms with E-state index in [9.17, 15) is 4.79 Å². The van der Waals surface area contributed by atoms with Crippen LogP contribution in [0.1, 0.15) is 11.3 Å². The zero-order valence-corrected chi connectivity index (χ0v) is 13.2. The second-order valence-electron chi connectivity index (χ2n) is 5.39. The summed E-state index contributed by atoms with van der Waals surface area (Å²) >= 11 is 0.